The first-order chi connectivity index (χ1) is 12.5. The number of fused-ring (bicyclic) bond motifs is 1. The molecule has 1 atom stereocenters. The Balaban J connectivity index is 1.80. The normalized spacial score (nSPS) is 12.0. The van der Waals surface area contributed by atoms with Gasteiger partial charge < -0.3 is 10.1 Å². The monoisotopic (exact) mass is 352 g/mol. The first-order valence-corrected chi connectivity index (χ1v) is 8.26. The quantitative estimate of drug-likeness (QED) is 0.759. The number of amides is 1. The van der Waals surface area contributed by atoms with Crippen LogP contribution in [-0.2, 0) is 11.3 Å². The van der Waals surface area contributed by atoms with Crippen LogP contribution in [0.15, 0.2) is 47.3 Å². The summed E-state index contributed by atoms with van der Waals surface area (Å²) in [6, 6.07) is 12.8. The van der Waals surface area contributed by atoms with E-state index in [1.807, 2.05) is 38.1 Å². The molecule has 0 saturated carbocycles. The summed E-state index contributed by atoms with van der Waals surface area (Å²) in [5.41, 5.74) is 2.16. The number of aryl methyl sites for hydroxylation is 1. The van der Waals surface area contributed by atoms with Crippen molar-refractivity contribution in [2.45, 2.75) is 26.4 Å². The Kier molecular flexibility index (Phi) is 4.97. The molecule has 1 amide bonds. The highest BCUT2D eigenvalue weighted by Crippen LogP contribution is 2.19. The second-order valence-electron chi connectivity index (χ2n) is 6.11. The first-order valence-electron chi connectivity index (χ1n) is 8.26. The molecule has 0 saturated heterocycles. The van der Waals surface area contributed by atoms with Crippen LogP contribution >= 0.6 is 0 Å². The van der Waals surface area contributed by atoms with Crippen molar-refractivity contribution in [2.75, 3.05) is 7.11 Å². The molecular formula is C19H20N4O3. The maximum absolute atomic E-state index is 12.6. The van der Waals surface area contributed by atoms with Crippen LogP contribution in [0.1, 0.15) is 24.1 Å². The molecule has 2 aromatic carbocycles. The van der Waals surface area contributed by atoms with Gasteiger partial charge in [0.2, 0.25) is 5.91 Å². The Morgan fingerprint density at radius 3 is 2.65 bits per heavy atom. The van der Waals surface area contributed by atoms with Crippen molar-refractivity contribution >= 4 is 16.8 Å². The van der Waals surface area contributed by atoms with Crippen LogP contribution in [0.25, 0.3) is 10.9 Å². The van der Waals surface area contributed by atoms with Crippen LogP contribution in [0.4, 0.5) is 0 Å². The predicted molar refractivity (Wildman–Crippen MR) is 98.1 cm³/mol. The molecular weight excluding hydrogens is 332 g/mol. The zero-order chi connectivity index (χ0) is 18.7. The van der Waals surface area contributed by atoms with E-state index in [1.165, 1.54) is 7.11 Å². The van der Waals surface area contributed by atoms with E-state index >= 15 is 0 Å². The van der Waals surface area contributed by atoms with Gasteiger partial charge in [-0.3, -0.25) is 9.59 Å². The molecule has 1 N–H and O–H groups in total. The third-order valence-corrected chi connectivity index (χ3v) is 4.18. The molecule has 7 nitrogen and oxygen atoms in total. The molecule has 1 heterocycles. The summed E-state index contributed by atoms with van der Waals surface area (Å²) in [7, 11) is 1.48. The fraction of sp³-hybridized carbons (Fsp3) is 0.263. The number of ether oxygens (including phenoxy) is 1. The van der Waals surface area contributed by atoms with Crippen LogP contribution in [0, 0.1) is 6.92 Å². The summed E-state index contributed by atoms with van der Waals surface area (Å²) < 4.78 is 6.26. The lowest BCUT2D eigenvalue weighted by atomic mass is 10.1. The van der Waals surface area contributed by atoms with Gasteiger partial charge in [0.05, 0.1) is 13.2 Å². The van der Waals surface area contributed by atoms with Crippen LogP contribution < -0.4 is 15.6 Å². The van der Waals surface area contributed by atoms with E-state index in [0.717, 1.165) is 15.8 Å². The number of hydrogen-bond donors (Lipinski definition) is 1. The van der Waals surface area contributed by atoms with Gasteiger partial charge >= 0.3 is 0 Å². The molecule has 0 radical (unpaired) electrons. The lowest BCUT2D eigenvalue weighted by molar-refractivity contribution is -0.122. The van der Waals surface area contributed by atoms with Gasteiger partial charge in [0.25, 0.3) is 5.56 Å². The topological polar surface area (TPSA) is 86.1 Å². The Hall–Kier alpha value is -3.22. The lowest BCUT2D eigenvalue weighted by Crippen LogP contribution is -2.35. The zero-order valence-corrected chi connectivity index (χ0v) is 14.9. The molecule has 0 spiro atoms. The third-order valence-electron chi connectivity index (χ3n) is 4.18. The fourth-order valence-electron chi connectivity index (χ4n) is 2.72. The Labute approximate surface area is 150 Å². The first kappa shape index (κ1) is 17.6. The van der Waals surface area contributed by atoms with Crippen LogP contribution in [0.2, 0.25) is 0 Å². The SMILES string of the molecule is COc1cccc2nnn(CC(=O)N[C@@H](C)c3ccc(C)cc3)c(=O)c12. The Morgan fingerprint density at radius 1 is 1.23 bits per heavy atom. The lowest BCUT2D eigenvalue weighted by Gasteiger charge is -2.15. The maximum atomic E-state index is 12.6. The number of hydrogen-bond acceptors (Lipinski definition) is 5. The molecule has 0 unspecified atom stereocenters. The van der Waals surface area contributed by atoms with E-state index in [9.17, 15) is 9.59 Å². The second-order valence-corrected chi connectivity index (χ2v) is 6.11. The van der Waals surface area contributed by atoms with Crippen LogP contribution in [-0.4, -0.2) is 28.0 Å². The summed E-state index contributed by atoms with van der Waals surface area (Å²) in [6.45, 7) is 3.68. The van der Waals surface area contributed by atoms with Gasteiger partial charge in [0.1, 0.15) is 23.2 Å². The van der Waals surface area contributed by atoms with E-state index in [-0.39, 0.29) is 18.5 Å². The fourth-order valence-corrected chi connectivity index (χ4v) is 2.72. The summed E-state index contributed by atoms with van der Waals surface area (Å²) in [5, 5.41) is 11.0. The minimum Gasteiger partial charge on any atom is -0.496 e. The van der Waals surface area contributed by atoms with Gasteiger partial charge in [-0.1, -0.05) is 41.1 Å². The number of carbonyl (C=O) groups is 1. The van der Waals surface area contributed by atoms with Gasteiger partial charge in [0, 0.05) is 0 Å². The van der Waals surface area contributed by atoms with Crippen molar-refractivity contribution in [1.29, 1.82) is 0 Å². The predicted octanol–water partition coefficient (Wildman–Crippen LogP) is 1.99. The van der Waals surface area contributed by atoms with E-state index in [4.69, 9.17) is 4.74 Å². The molecule has 0 bridgehead atoms. The smallest absolute Gasteiger partial charge is 0.281 e. The molecule has 3 rings (SSSR count). The number of rotatable bonds is 5. The zero-order valence-electron chi connectivity index (χ0n) is 14.9. The Bertz CT molecular complexity index is 996. The molecule has 0 aliphatic rings. The standard InChI is InChI=1S/C19H20N4O3/c1-12-7-9-14(10-8-12)13(2)20-17(24)11-23-19(25)18-15(21-22-23)5-4-6-16(18)26-3/h4-10,13H,11H2,1-3H3,(H,20,24)/t13-/m0/s1. The number of carbonyl (C=O) groups excluding carboxylic acids is 1. The van der Waals surface area contributed by atoms with E-state index < -0.39 is 5.56 Å². The molecule has 1 aromatic heterocycles. The molecule has 0 aliphatic heterocycles. The summed E-state index contributed by atoms with van der Waals surface area (Å²) >= 11 is 0. The van der Waals surface area contributed by atoms with Gasteiger partial charge in [-0.25, -0.2) is 4.68 Å². The average Bonchev–Trinajstić information content (AvgIpc) is 2.64. The molecule has 26 heavy (non-hydrogen) atoms. The number of aromatic nitrogens is 3. The molecule has 0 aliphatic carbocycles. The van der Waals surface area contributed by atoms with Crippen molar-refractivity contribution in [3.63, 3.8) is 0 Å². The molecule has 134 valence electrons. The van der Waals surface area contributed by atoms with Crippen LogP contribution in [0.5, 0.6) is 5.75 Å². The number of benzene rings is 2. The highest BCUT2D eigenvalue weighted by atomic mass is 16.5. The summed E-state index contributed by atoms with van der Waals surface area (Å²) in [4.78, 5) is 25.0. The number of methoxy groups -OCH3 is 1. The second kappa shape index (κ2) is 7.35. The van der Waals surface area contributed by atoms with Crippen molar-refractivity contribution in [1.82, 2.24) is 20.3 Å². The van der Waals surface area contributed by atoms with Crippen molar-refractivity contribution < 1.29 is 9.53 Å². The number of nitrogens with one attached hydrogen (secondary N) is 1. The minimum absolute atomic E-state index is 0.179. The Morgan fingerprint density at radius 2 is 1.96 bits per heavy atom. The molecule has 3 aromatic rings. The van der Waals surface area contributed by atoms with Gasteiger partial charge in [-0.05, 0) is 31.5 Å². The van der Waals surface area contributed by atoms with Gasteiger partial charge in [-0.15, -0.1) is 5.10 Å². The van der Waals surface area contributed by atoms with E-state index in [0.29, 0.717) is 16.7 Å². The van der Waals surface area contributed by atoms with Gasteiger partial charge in [0.15, 0.2) is 0 Å². The highest BCUT2D eigenvalue weighted by molar-refractivity contribution is 5.84. The minimum atomic E-state index is -0.411. The van der Waals surface area contributed by atoms with Crippen molar-refractivity contribution in [2.24, 2.45) is 0 Å². The molecule has 7 heteroatoms. The highest BCUT2D eigenvalue weighted by Gasteiger charge is 2.15. The maximum Gasteiger partial charge on any atom is 0.281 e. The summed E-state index contributed by atoms with van der Waals surface area (Å²) in [6.07, 6.45) is 0. The third kappa shape index (κ3) is 3.56. The van der Waals surface area contributed by atoms with Crippen LogP contribution in [0.3, 0.4) is 0 Å². The number of nitrogens with zero attached hydrogens (tertiary/aromatic N) is 3. The van der Waals surface area contributed by atoms with Gasteiger partial charge in [-0.2, -0.15) is 0 Å². The van der Waals surface area contributed by atoms with E-state index in [2.05, 4.69) is 15.6 Å². The molecule has 0 fully saturated rings. The van der Waals surface area contributed by atoms with Crippen molar-refractivity contribution in [3.05, 3.63) is 63.9 Å². The average molecular weight is 352 g/mol. The summed E-state index contributed by atoms with van der Waals surface area (Å²) in [5.74, 6) is 0.0910. The van der Waals surface area contributed by atoms with Crippen molar-refractivity contribution in [3.8, 4) is 5.75 Å². The van der Waals surface area contributed by atoms with E-state index in [1.54, 1.807) is 18.2 Å². The largest absolute Gasteiger partial charge is 0.496 e.